The monoisotopic (exact) mass is 599 g/mol. The summed E-state index contributed by atoms with van der Waals surface area (Å²) in [7, 11) is 0. The number of benzene rings is 3. The Kier molecular flexibility index (Phi) is 8.29. The summed E-state index contributed by atoms with van der Waals surface area (Å²) in [6, 6.07) is 23.4. The highest BCUT2D eigenvalue weighted by Crippen LogP contribution is 2.30. The summed E-state index contributed by atoms with van der Waals surface area (Å²) >= 11 is 1.29. The van der Waals surface area contributed by atoms with E-state index in [-0.39, 0.29) is 5.56 Å². The number of aryl methyl sites for hydroxylation is 1. The summed E-state index contributed by atoms with van der Waals surface area (Å²) in [4.78, 5) is 18.5. The summed E-state index contributed by atoms with van der Waals surface area (Å²) in [6.07, 6.45) is 10.9. The van der Waals surface area contributed by atoms with Crippen molar-refractivity contribution in [2.75, 3.05) is 13.2 Å². The van der Waals surface area contributed by atoms with E-state index in [1.807, 2.05) is 103 Å². The van der Waals surface area contributed by atoms with Crippen LogP contribution in [0, 0.1) is 6.92 Å². The Hall–Kier alpha value is -5.54. The maximum absolute atomic E-state index is 13.4. The minimum Gasteiger partial charge on any atom is -0.490 e. The number of aromatic nitrogens is 5. The number of hydrogen-bond donors (Lipinski definition) is 0. The molecule has 0 saturated heterocycles. The van der Waals surface area contributed by atoms with Gasteiger partial charge in [-0.1, -0.05) is 73.1 Å². The average Bonchev–Trinajstić information content (AvgIpc) is 3.73. The summed E-state index contributed by atoms with van der Waals surface area (Å²) in [5.41, 5.74) is 5.14. The molecular formula is C35H29N5O3S. The van der Waals surface area contributed by atoms with Gasteiger partial charge < -0.3 is 9.47 Å². The van der Waals surface area contributed by atoms with Crippen LogP contribution in [0.2, 0.25) is 0 Å². The van der Waals surface area contributed by atoms with Gasteiger partial charge in [-0.3, -0.25) is 4.79 Å². The van der Waals surface area contributed by atoms with Gasteiger partial charge >= 0.3 is 0 Å². The molecule has 44 heavy (non-hydrogen) atoms. The van der Waals surface area contributed by atoms with Gasteiger partial charge in [-0.2, -0.15) is 14.6 Å². The minimum atomic E-state index is -0.232. The maximum atomic E-state index is 13.4. The lowest BCUT2D eigenvalue weighted by molar-refractivity contribution is 0.363. The van der Waals surface area contributed by atoms with Crippen molar-refractivity contribution in [1.82, 2.24) is 24.4 Å². The highest BCUT2D eigenvalue weighted by atomic mass is 32.1. The van der Waals surface area contributed by atoms with E-state index >= 15 is 0 Å². The smallest absolute Gasteiger partial charge is 0.291 e. The summed E-state index contributed by atoms with van der Waals surface area (Å²) in [6.45, 7) is 10.3. The molecular weight excluding hydrogens is 570 g/mol. The number of thiazole rings is 1. The molecule has 6 aromatic rings. The molecule has 0 bridgehead atoms. The number of fused-ring (bicyclic) bond motifs is 1. The number of para-hydroxylation sites is 1. The highest BCUT2D eigenvalue weighted by Gasteiger charge is 2.16. The predicted octanol–water partition coefficient (Wildman–Crippen LogP) is 6.16. The minimum absolute atomic E-state index is 0.232. The standard InChI is InChI=1S/C35H29N5O3S/c1-4-19-42-28-14-11-25(12-15-28)13-18-32-36-35-40(37-32)34(41)31(44-35)22-26-23-39(27-9-7-6-8-10-27)38-33(26)30-17-16-29(21-24(30)3)43-20-5-2/h4-18,21-23H,1-2,19-20H2,3H3/b18-13+,31-22-. The van der Waals surface area contributed by atoms with E-state index in [0.717, 1.165) is 45.1 Å². The summed E-state index contributed by atoms with van der Waals surface area (Å²) in [5, 5.41) is 9.38. The van der Waals surface area contributed by atoms with E-state index in [1.54, 1.807) is 18.2 Å². The Morgan fingerprint density at radius 3 is 2.32 bits per heavy atom. The maximum Gasteiger partial charge on any atom is 0.291 e. The molecule has 6 rings (SSSR count). The van der Waals surface area contributed by atoms with Crippen LogP contribution in [0.1, 0.15) is 22.5 Å². The van der Waals surface area contributed by atoms with Gasteiger partial charge in [-0.05, 0) is 72.7 Å². The lowest BCUT2D eigenvalue weighted by Gasteiger charge is -2.08. The van der Waals surface area contributed by atoms with E-state index in [4.69, 9.17) is 14.6 Å². The van der Waals surface area contributed by atoms with Crippen molar-refractivity contribution >= 4 is 34.5 Å². The molecule has 0 N–H and O–H groups in total. The first kappa shape index (κ1) is 28.6. The van der Waals surface area contributed by atoms with Gasteiger partial charge in [0, 0.05) is 17.3 Å². The molecule has 8 nitrogen and oxygen atoms in total. The first-order valence-electron chi connectivity index (χ1n) is 14.0. The number of hydrogen-bond acceptors (Lipinski definition) is 7. The molecule has 0 spiro atoms. The van der Waals surface area contributed by atoms with Crippen LogP contribution in [0.25, 0.3) is 40.1 Å². The molecule has 0 radical (unpaired) electrons. The van der Waals surface area contributed by atoms with E-state index in [2.05, 4.69) is 23.2 Å². The fourth-order valence-electron chi connectivity index (χ4n) is 4.62. The van der Waals surface area contributed by atoms with Crippen LogP contribution in [-0.2, 0) is 0 Å². The normalized spacial score (nSPS) is 11.8. The largest absolute Gasteiger partial charge is 0.490 e. The molecule has 3 aromatic carbocycles. The molecule has 3 heterocycles. The lowest BCUT2D eigenvalue weighted by Crippen LogP contribution is -2.23. The van der Waals surface area contributed by atoms with Crippen LogP contribution in [0.4, 0.5) is 0 Å². The van der Waals surface area contributed by atoms with Crippen molar-refractivity contribution in [2.24, 2.45) is 0 Å². The third kappa shape index (κ3) is 6.13. The fraction of sp³-hybridized carbons (Fsp3) is 0.0857. The van der Waals surface area contributed by atoms with Gasteiger partial charge in [-0.25, -0.2) is 4.68 Å². The molecule has 0 amide bonds. The van der Waals surface area contributed by atoms with Crippen molar-refractivity contribution in [3.8, 4) is 28.4 Å². The first-order chi connectivity index (χ1) is 21.5. The molecule has 0 unspecified atom stereocenters. The third-order valence-corrected chi connectivity index (χ3v) is 7.70. The number of nitrogens with zero attached hydrogens (tertiary/aromatic N) is 5. The van der Waals surface area contributed by atoms with Gasteiger partial charge in [0.2, 0.25) is 4.96 Å². The Bertz CT molecular complexity index is 2090. The van der Waals surface area contributed by atoms with Gasteiger partial charge in [0.25, 0.3) is 5.56 Å². The predicted molar refractivity (Wildman–Crippen MR) is 176 cm³/mol. The second-order valence-electron chi connectivity index (χ2n) is 9.87. The average molecular weight is 600 g/mol. The highest BCUT2D eigenvalue weighted by molar-refractivity contribution is 7.15. The van der Waals surface area contributed by atoms with Crippen LogP contribution in [-0.4, -0.2) is 37.6 Å². The molecule has 0 atom stereocenters. The quantitative estimate of drug-likeness (QED) is 0.166. The van der Waals surface area contributed by atoms with Crippen molar-refractivity contribution in [1.29, 1.82) is 0 Å². The van der Waals surface area contributed by atoms with Crippen molar-refractivity contribution < 1.29 is 9.47 Å². The Morgan fingerprint density at radius 1 is 0.886 bits per heavy atom. The van der Waals surface area contributed by atoms with E-state index < -0.39 is 0 Å². The van der Waals surface area contributed by atoms with E-state index in [1.165, 1.54) is 15.9 Å². The lowest BCUT2D eigenvalue weighted by atomic mass is 10.0. The zero-order chi connectivity index (χ0) is 30.5. The van der Waals surface area contributed by atoms with Gasteiger partial charge in [0.1, 0.15) is 30.4 Å². The number of ether oxygens (including phenoxy) is 2. The zero-order valence-corrected chi connectivity index (χ0v) is 24.9. The number of rotatable bonds is 11. The van der Waals surface area contributed by atoms with Gasteiger partial charge in [-0.15, -0.1) is 5.10 Å². The Balaban J connectivity index is 1.34. The summed E-state index contributed by atoms with van der Waals surface area (Å²) < 4.78 is 14.9. The first-order valence-corrected chi connectivity index (χ1v) is 14.8. The Labute approximate surface area is 258 Å². The van der Waals surface area contributed by atoms with Crippen molar-refractivity contribution in [3.05, 3.63) is 142 Å². The fourth-order valence-corrected chi connectivity index (χ4v) is 5.53. The van der Waals surface area contributed by atoms with Gasteiger partial charge in [0.05, 0.1) is 10.2 Å². The van der Waals surface area contributed by atoms with Crippen LogP contribution >= 0.6 is 11.3 Å². The Morgan fingerprint density at radius 2 is 1.61 bits per heavy atom. The molecule has 0 fully saturated rings. The van der Waals surface area contributed by atoms with Crippen LogP contribution in [0.15, 0.2) is 109 Å². The van der Waals surface area contributed by atoms with Crippen LogP contribution in [0.5, 0.6) is 11.5 Å². The SMILES string of the molecule is C=CCOc1ccc(/C=C/c2nc3s/c(=C\c4cn(-c5ccccc5)nc4-c4ccc(OCC=C)cc4C)c(=O)n3n2)cc1. The second kappa shape index (κ2) is 12.8. The van der Waals surface area contributed by atoms with Crippen LogP contribution in [0.3, 0.4) is 0 Å². The van der Waals surface area contributed by atoms with Crippen molar-refractivity contribution in [2.45, 2.75) is 6.92 Å². The third-order valence-electron chi connectivity index (χ3n) is 6.74. The summed E-state index contributed by atoms with van der Waals surface area (Å²) in [5.74, 6) is 1.98. The van der Waals surface area contributed by atoms with Crippen molar-refractivity contribution in [3.63, 3.8) is 0 Å². The van der Waals surface area contributed by atoms with E-state index in [9.17, 15) is 4.79 Å². The molecule has 3 aromatic heterocycles. The molecule has 218 valence electrons. The van der Waals surface area contributed by atoms with Gasteiger partial charge in [0.15, 0.2) is 5.82 Å². The molecule has 0 aliphatic carbocycles. The second-order valence-corrected chi connectivity index (χ2v) is 10.9. The molecule has 0 aliphatic heterocycles. The van der Waals surface area contributed by atoms with E-state index in [0.29, 0.717) is 28.5 Å². The molecule has 0 aliphatic rings. The van der Waals surface area contributed by atoms with Crippen LogP contribution < -0.4 is 19.6 Å². The zero-order valence-electron chi connectivity index (χ0n) is 24.1. The molecule has 9 heteroatoms. The topological polar surface area (TPSA) is 83.5 Å². The molecule has 0 saturated carbocycles.